The van der Waals surface area contributed by atoms with E-state index in [4.69, 9.17) is 23.2 Å². The molecule has 86 valence electrons. The van der Waals surface area contributed by atoms with Gasteiger partial charge in [0, 0.05) is 11.8 Å². The average molecular weight is 259 g/mol. The molecule has 1 fully saturated rings. The molecule has 0 nitrogen and oxygen atoms in total. The third-order valence-corrected chi connectivity index (χ3v) is 4.03. The van der Waals surface area contributed by atoms with Crippen LogP contribution < -0.4 is 0 Å². The van der Waals surface area contributed by atoms with Crippen LogP contribution in [-0.2, 0) is 0 Å². The van der Waals surface area contributed by atoms with Gasteiger partial charge in [-0.05, 0) is 31.5 Å². The van der Waals surface area contributed by atoms with Crippen molar-refractivity contribution in [3.63, 3.8) is 0 Å². The Kier molecular flexibility index (Phi) is 2.80. The summed E-state index contributed by atoms with van der Waals surface area (Å²) in [6, 6.07) is 4.79. The third-order valence-electron chi connectivity index (χ3n) is 3.27. The topological polar surface area (TPSA) is 0 Å². The van der Waals surface area contributed by atoms with Gasteiger partial charge in [0.25, 0.3) is 0 Å². The number of hydrogen-bond acceptors (Lipinski definition) is 0. The smallest absolute Gasteiger partial charge is 0.141 e. The number of rotatable bonds is 2. The lowest BCUT2D eigenvalue weighted by Crippen LogP contribution is -1.95. The van der Waals surface area contributed by atoms with Crippen LogP contribution in [0.1, 0.15) is 25.3 Å². The minimum absolute atomic E-state index is 0.150. The molecule has 0 radical (unpaired) electrons. The number of hydrogen-bond donors (Lipinski definition) is 0. The highest BCUT2D eigenvalue weighted by atomic mass is 35.5. The Morgan fingerprint density at radius 1 is 1.50 bits per heavy atom. The van der Waals surface area contributed by atoms with E-state index < -0.39 is 5.82 Å². The van der Waals surface area contributed by atoms with Crippen LogP contribution in [0.5, 0.6) is 0 Å². The molecule has 0 spiro atoms. The standard InChI is InChI=1S/C13H13Cl2F/c1-7(2)11-12(13(11,3)15)8-4-5-10(16)9(14)6-8/h4-6,11-12H,1H2,2-3H3. The molecule has 1 aliphatic carbocycles. The fraction of sp³-hybridized carbons (Fsp3) is 0.385. The van der Waals surface area contributed by atoms with E-state index in [1.165, 1.54) is 6.07 Å². The fourth-order valence-corrected chi connectivity index (χ4v) is 3.16. The zero-order valence-electron chi connectivity index (χ0n) is 9.23. The summed E-state index contributed by atoms with van der Waals surface area (Å²) in [6.45, 7) is 7.89. The third kappa shape index (κ3) is 1.76. The molecule has 0 amide bonds. The van der Waals surface area contributed by atoms with Gasteiger partial charge in [0.05, 0.1) is 9.90 Å². The normalized spacial score (nSPS) is 32.6. The van der Waals surface area contributed by atoms with Crippen LogP contribution in [0, 0.1) is 11.7 Å². The molecule has 3 heteroatoms. The van der Waals surface area contributed by atoms with Crippen molar-refractivity contribution in [2.24, 2.45) is 5.92 Å². The van der Waals surface area contributed by atoms with Gasteiger partial charge in [-0.25, -0.2) is 4.39 Å². The predicted molar refractivity (Wildman–Crippen MR) is 66.7 cm³/mol. The Hall–Kier alpha value is -0.530. The quantitative estimate of drug-likeness (QED) is 0.530. The SMILES string of the molecule is C=C(C)C1C(c2ccc(F)c(Cl)c2)C1(C)Cl. The van der Waals surface area contributed by atoms with Gasteiger partial charge < -0.3 is 0 Å². The van der Waals surface area contributed by atoms with Crippen molar-refractivity contribution < 1.29 is 4.39 Å². The maximum Gasteiger partial charge on any atom is 0.141 e. The molecule has 0 saturated heterocycles. The highest BCUT2D eigenvalue weighted by molar-refractivity contribution is 6.31. The molecule has 1 aliphatic rings. The molecule has 3 atom stereocenters. The fourth-order valence-electron chi connectivity index (χ4n) is 2.47. The number of halogens is 3. The first-order chi connectivity index (χ1) is 7.35. The molecule has 16 heavy (non-hydrogen) atoms. The number of allylic oxidation sites excluding steroid dienone is 1. The monoisotopic (exact) mass is 258 g/mol. The molecule has 3 unspecified atom stereocenters. The summed E-state index contributed by atoms with van der Waals surface area (Å²) < 4.78 is 13.0. The molecule has 1 saturated carbocycles. The molecular formula is C13H13Cl2F. The van der Waals surface area contributed by atoms with Crippen LogP contribution in [0.3, 0.4) is 0 Å². The molecular weight excluding hydrogens is 246 g/mol. The predicted octanol–water partition coefficient (Wildman–Crippen LogP) is 4.77. The van der Waals surface area contributed by atoms with Gasteiger partial charge in [-0.1, -0.05) is 29.8 Å². The molecule has 2 rings (SSSR count). The zero-order chi connectivity index (χ0) is 12.1. The van der Waals surface area contributed by atoms with Gasteiger partial charge in [-0.3, -0.25) is 0 Å². The van der Waals surface area contributed by atoms with E-state index in [0.717, 1.165) is 11.1 Å². The summed E-state index contributed by atoms with van der Waals surface area (Å²) >= 11 is 12.2. The second-order valence-corrected chi connectivity index (χ2v) is 5.85. The van der Waals surface area contributed by atoms with E-state index in [-0.39, 0.29) is 21.7 Å². The summed E-state index contributed by atoms with van der Waals surface area (Å²) in [5.74, 6) is 0.0367. The highest BCUT2D eigenvalue weighted by Crippen LogP contribution is 2.64. The first kappa shape index (κ1) is 11.9. The van der Waals surface area contributed by atoms with Crippen LogP contribution in [0.4, 0.5) is 4.39 Å². The summed E-state index contributed by atoms with van der Waals surface area (Å²) in [4.78, 5) is -0.313. The second kappa shape index (κ2) is 3.75. The van der Waals surface area contributed by atoms with E-state index in [1.54, 1.807) is 12.1 Å². The lowest BCUT2D eigenvalue weighted by Gasteiger charge is -2.02. The van der Waals surface area contributed by atoms with Crippen LogP contribution in [0.25, 0.3) is 0 Å². The van der Waals surface area contributed by atoms with Crippen molar-refractivity contribution in [3.8, 4) is 0 Å². The van der Waals surface area contributed by atoms with Crippen molar-refractivity contribution in [2.45, 2.75) is 24.6 Å². The van der Waals surface area contributed by atoms with E-state index in [0.29, 0.717) is 0 Å². The maximum atomic E-state index is 13.0. The van der Waals surface area contributed by atoms with E-state index >= 15 is 0 Å². The molecule has 1 aromatic rings. The van der Waals surface area contributed by atoms with Crippen LogP contribution in [0.2, 0.25) is 5.02 Å². The Labute approximate surface area is 105 Å². The second-order valence-electron chi connectivity index (χ2n) is 4.63. The van der Waals surface area contributed by atoms with Crippen molar-refractivity contribution in [1.29, 1.82) is 0 Å². The molecule has 1 aromatic carbocycles. The first-order valence-corrected chi connectivity index (χ1v) is 5.90. The maximum absolute atomic E-state index is 13.0. The summed E-state index contributed by atoms with van der Waals surface area (Å²) in [5, 5.41) is 0.150. The Morgan fingerprint density at radius 3 is 2.56 bits per heavy atom. The first-order valence-electron chi connectivity index (χ1n) is 5.15. The van der Waals surface area contributed by atoms with Gasteiger partial charge >= 0.3 is 0 Å². The molecule has 0 bridgehead atoms. The van der Waals surface area contributed by atoms with E-state index in [9.17, 15) is 4.39 Å². The lowest BCUT2D eigenvalue weighted by atomic mass is 10.1. The molecule has 0 N–H and O–H groups in total. The van der Waals surface area contributed by atoms with Crippen molar-refractivity contribution >= 4 is 23.2 Å². The van der Waals surface area contributed by atoms with Crippen molar-refractivity contribution in [2.75, 3.05) is 0 Å². The minimum Gasteiger partial charge on any atom is -0.205 e. The molecule has 0 aromatic heterocycles. The zero-order valence-corrected chi connectivity index (χ0v) is 10.7. The summed E-state index contributed by atoms with van der Waals surface area (Å²) in [5.41, 5.74) is 2.04. The largest absolute Gasteiger partial charge is 0.205 e. The number of benzene rings is 1. The molecule has 0 heterocycles. The Balaban J connectivity index is 2.33. The van der Waals surface area contributed by atoms with Crippen LogP contribution in [-0.4, -0.2) is 4.87 Å². The van der Waals surface area contributed by atoms with Crippen molar-refractivity contribution in [3.05, 3.63) is 46.8 Å². The van der Waals surface area contributed by atoms with Gasteiger partial charge in [-0.15, -0.1) is 11.6 Å². The summed E-state index contributed by atoms with van der Waals surface area (Å²) in [6.07, 6.45) is 0. The van der Waals surface area contributed by atoms with Gasteiger partial charge in [0.1, 0.15) is 5.82 Å². The van der Waals surface area contributed by atoms with E-state index in [2.05, 4.69) is 6.58 Å². The summed E-state index contributed by atoms with van der Waals surface area (Å²) in [7, 11) is 0. The number of alkyl halides is 1. The molecule has 0 aliphatic heterocycles. The van der Waals surface area contributed by atoms with Crippen molar-refractivity contribution in [1.82, 2.24) is 0 Å². The van der Waals surface area contributed by atoms with Gasteiger partial charge in [0.15, 0.2) is 0 Å². The average Bonchev–Trinajstić information content (AvgIpc) is 2.74. The lowest BCUT2D eigenvalue weighted by molar-refractivity contribution is 0.627. The van der Waals surface area contributed by atoms with Gasteiger partial charge in [0.2, 0.25) is 0 Å². The van der Waals surface area contributed by atoms with Crippen LogP contribution >= 0.6 is 23.2 Å². The van der Waals surface area contributed by atoms with E-state index in [1.807, 2.05) is 13.8 Å². The Morgan fingerprint density at radius 2 is 2.12 bits per heavy atom. The minimum atomic E-state index is -0.394. The Bertz CT molecular complexity index is 451. The van der Waals surface area contributed by atoms with Crippen LogP contribution in [0.15, 0.2) is 30.4 Å². The van der Waals surface area contributed by atoms with Gasteiger partial charge in [-0.2, -0.15) is 0 Å². The highest BCUT2D eigenvalue weighted by Gasteiger charge is 2.61.